The van der Waals surface area contributed by atoms with Crippen molar-refractivity contribution in [3.05, 3.63) is 28.1 Å². The Balaban J connectivity index is 2.89. The van der Waals surface area contributed by atoms with Gasteiger partial charge in [0.2, 0.25) is 0 Å². The van der Waals surface area contributed by atoms with Crippen molar-refractivity contribution in [3.8, 4) is 0 Å². The van der Waals surface area contributed by atoms with Crippen LogP contribution in [0.5, 0.6) is 0 Å². The van der Waals surface area contributed by atoms with Gasteiger partial charge in [-0.05, 0) is 25.1 Å². The molecule has 62 valence electrons. The second-order valence-corrected chi connectivity index (χ2v) is 4.81. The summed E-state index contributed by atoms with van der Waals surface area (Å²) in [5.41, 5.74) is 0. The fraction of sp³-hybridized carbons (Fsp3) is 0.111. The molecule has 0 radical (unpaired) electrons. The molecule has 0 nitrogen and oxygen atoms in total. The van der Waals surface area contributed by atoms with Crippen molar-refractivity contribution in [3.63, 3.8) is 0 Å². The highest BCUT2D eigenvalue weighted by atomic mass is 35.5. The van der Waals surface area contributed by atoms with Crippen LogP contribution in [-0.4, -0.2) is 0 Å². The van der Waals surface area contributed by atoms with E-state index in [9.17, 15) is 0 Å². The van der Waals surface area contributed by atoms with Crippen molar-refractivity contribution >= 4 is 45.7 Å². The van der Waals surface area contributed by atoms with Gasteiger partial charge in [0, 0.05) is 19.9 Å². The summed E-state index contributed by atoms with van der Waals surface area (Å²) >= 11 is 12.0. The first-order chi connectivity index (χ1) is 5.68. The lowest BCUT2D eigenvalue weighted by molar-refractivity contribution is 1.57. The lowest BCUT2D eigenvalue weighted by Crippen LogP contribution is -1.69. The molecule has 2 rings (SSSR count). The monoisotopic (exact) mass is 214 g/mol. The van der Waals surface area contributed by atoms with Gasteiger partial charge in [0.25, 0.3) is 0 Å². The van der Waals surface area contributed by atoms with Crippen molar-refractivity contribution in [1.29, 1.82) is 0 Å². The average molecular weight is 215 g/mol. The summed E-state index contributed by atoms with van der Waals surface area (Å²) in [5, 5.41) is 1.89. The van der Waals surface area contributed by atoms with E-state index in [-0.39, 0.29) is 0 Å². The van der Waals surface area contributed by atoms with Crippen LogP contribution in [0.25, 0.3) is 10.1 Å². The van der Waals surface area contributed by atoms with Crippen molar-refractivity contribution in [2.45, 2.75) is 11.8 Å². The normalized spacial score (nSPS) is 10.9. The second kappa shape index (κ2) is 2.95. The van der Waals surface area contributed by atoms with E-state index in [0.717, 1.165) is 15.3 Å². The quantitative estimate of drug-likeness (QED) is 0.626. The summed E-state index contributed by atoms with van der Waals surface area (Å²) in [4.78, 5) is 2.18. The van der Waals surface area contributed by atoms with Gasteiger partial charge < -0.3 is 0 Å². The lowest BCUT2D eigenvalue weighted by Gasteiger charge is -1.96. The molecular weight excluding hydrogens is 208 g/mol. The Morgan fingerprint density at radius 3 is 2.92 bits per heavy atom. The van der Waals surface area contributed by atoms with Gasteiger partial charge in [-0.25, -0.2) is 0 Å². The molecule has 0 saturated carbocycles. The maximum atomic E-state index is 5.93. The summed E-state index contributed by atoms with van der Waals surface area (Å²) in [6.07, 6.45) is 0. The molecule has 0 fully saturated rings. The van der Waals surface area contributed by atoms with Crippen molar-refractivity contribution < 1.29 is 0 Å². The Hall–Kier alpha value is -0.180. The van der Waals surface area contributed by atoms with Crippen LogP contribution in [0.3, 0.4) is 0 Å². The zero-order chi connectivity index (χ0) is 8.72. The van der Waals surface area contributed by atoms with Crippen LogP contribution in [0.4, 0.5) is 0 Å². The molecule has 1 heterocycles. The van der Waals surface area contributed by atoms with E-state index in [1.165, 1.54) is 9.58 Å². The van der Waals surface area contributed by atoms with E-state index >= 15 is 0 Å². The van der Waals surface area contributed by atoms with Gasteiger partial charge >= 0.3 is 0 Å². The topological polar surface area (TPSA) is 0 Å². The molecule has 1 aromatic heterocycles. The SMILES string of the molecule is Cc1cc2c(S)c(Cl)ccc2s1. The van der Waals surface area contributed by atoms with Gasteiger partial charge in [-0.15, -0.1) is 24.0 Å². The molecular formula is C9H7ClS2. The Kier molecular flexibility index (Phi) is 2.07. The average Bonchev–Trinajstić information content (AvgIpc) is 2.39. The number of benzene rings is 1. The number of fused-ring (bicyclic) bond motifs is 1. The predicted molar refractivity (Wildman–Crippen MR) is 58.8 cm³/mol. The molecule has 0 aliphatic rings. The summed E-state index contributed by atoms with van der Waals surface area (Å²) in [7, 11) is 0. The smallest absolute Gasteiger partial charge is 0.0546 e. The van der Waals surface area contributed by atoms with E-state index < -0.39 is 0 Å². The third-order valence-corrected chi connectivity index (χ3v) is 3.69. The molecule has 0 aliphatic heterocycles. The van der Waals surface area contributed by atoms with E-state index in [2.05, 4.69) is 25.6 Å². The first-order valence-electron chi connectivity index (χ1n) is 3.56. The summed E-state index contributed by atoms with van der Waals surface area (Å²) in [6, 6.07) is 6.05. The molecule has 0 bridgehead atoms. The molecule has 0 atom stereocenters. The summed E-state index contributed by atoms with van der Waals surface area (Å²) in [5.74, 6) is 0. The van der Waals surface area contributed by atoms with Gasteiger partial charge in [-0.3, -0.25) is 0 Å². The fourth-order valence-corrected chi connectivity index (χ4v) is 2.63. The lowest BCUT2D eigenvalue weighted by atomic mass is 10.2. The summed E-state index contributed by atoms with van der Waals surface area (Å²) < 4.78 is 1.25. The van der Waals surface area contributed by atoms with E-state index in [4.69, 9.17) is 11.6 Å². The van der Waals surface area contributed by atoms with E-state index in [1.807, 2.05) is 12.1 Å². The maximum Gasteiger partial charge on any atom is 0.0546 e. The second-order valence-electron chi connectivity index (χ2n) is 2.66. The molecule has 12 heavy (non-hydrogen) atoms. The van der Waals surface area contributed by atoms with E-state index in [0.29, 0.717) is 0 Å². The number of hydrogen-bond donors (Lipinski definition) is 1. The standard InChI is InChI=1S/C9H7ClS2/c1-5-4-6-8(12-5)3-2-7(10)9(6)11/h2-4,11H,1H3. The van der Waals surface area contributed by atoms with Crippen LogP contribution in [0.15, 0.2) is 23.1 Å². The maximum absolute atomic E-state index is 5.93. The first-order valence-corrected chi connectivity index (χ1v) is 5.20. The Morgan fingerprint density at radius 1 is 1.42 bits per heavy atom. The number of halogens is 1. The predicted octanol–water partition coefficient (Wildman–Crippen LogP) is 4.15. The molecule has 0 saturated heterocycles. The zero-order valence-electron chi connectivity index (χ0n) is 6.47. The highest BCUT2D eigenvalue weighted by molar-refractivity contribution is 7.80. The van der Waals surface area contributed by atoms with Crippen LogP contribution in [0.2, 0.25) is 5.02 Å². The van der Waals surface area contributed by atoms with Gasteiger partial charge in [0.1, 0.15) is 0 Å². The van der Waals surface area contributed by atoms with Crippen molar-refractivity contribution in [2.75, 3.05) is 0 Å². The van der Waals surface area contributed by atoms with E-state index in [1.54, 1.807) is 11.3 Å². The van der Waals surface area contributed by atoms with Gasteiger partial charge in [0.15, 0.2) is 0 Å². The van der Waals surface area contributed by atoms with Gasteiger partial charge in [0.05, 0.1) is 5.02 Å². The Bertz CT molecular complexity index is 431. The van der Waals surface area contributed by atoms with Gasteiger partial charge in [-0.2, -0.15) is 0 Å². The molecule has 0 unspecified atom stereocenters. The fourth-order valence-electron chi connectivity index (χ4n) is 1.20. The third-order valence-electron chi connectivity index (χ3n) is 1.75. The van der Waals surface area contributed by atoms with Crippen LogP contribution in [0, 0.1) is 6.92 Å². The van der Waals surface area contributed by atoms with Crippen molar-refractivity contribution in [2.24, 2.45) is 0 Å². The van der Waals surface area contributed by atoms with Gasteiger partial charge in [-0.1, -0.05) is 11.6 Å². The van der Waals surface area contributed by atoms with Crippen LogP contribution in [0.1, 0.15) is 4.88 Å². The molecule has 0 spiro atoms. The first kappa shape index (κ1) is 8.42. The number of thiol groups is 1. The van der Waals surface area contributed by atoms with Crippen LogP contribution < -0.4 is 0 Å². The zero-order valence-corrected chi connectivity index (χ0v) is 8.93. The minimum atomic E-state index is 0.726. The minimum Gasteiger partial charge on any atom is -0.141 e. The number of hydrogen-bond acceptors (Lipinski definition) is 2. The Labute approximate surface area is 85.6 Å². The molecule has 0 amide bonds. The van der Waals surface area contributed by atoms with Crippen LogP contribution >= 0.6 is 35.6 Å². The van der Waals surface area contributed by atoms with Crippen molar-refractivity contribution in [1.82, 2.24) is 0 Å². The molecule has 2 aromatic rings. The molecule has 0 aliphatic carbocycles. The highest BCUT2D eigenvalue weighted by Crippen LogP contribution is 2.34. The number of rotatable bonds is 0. The largest absolute Gasteiger partial charge is 0.141 e. The number of thiophene rings is 1. The Morgan fingerprint density at radius 2 is 2.17 bits per heavy atom. The van der Waals surface area contributed by atoms with Crippen LogP contribution in [-0.2, 0) is 0 Å². The molecule has 3 heteroatoms. The highest BCUT2D eigenvalue weighted by Gasteiger charge is 2.04. The summed E-state index contributed by atoms with van der Waals surface area (Å²) in [6.45, 7) is 2.09. The molecule has 1 aromatic carbocycles. The third kappa shape index (κ3) is 1.24. The minimum absolute atomic E-state index is 0.726. The molecule has 0 N–H and O–H groups in total. The number of aryl methyl sites for hydroxylation is 1.